The Kier molecular flexibility index (Phi) is 7.11. The van der Waals surface area contributed by atoms with Crippen LogP contribution in [0.2, 0.25) is 0 Å². The predicted octanol–water partition coefficient (Wildman–Crippen LogP) is 2.33. The standard InChI is InChI=1S/C23H30N4O2/c1-26(2)22(28)16-25-23(24-14-12-18-8-10-21(29-3)11-9-18)27-15-13-19-6-4-5-7-20(19)17-27/h4-11H,12-17H2,1-3H3,(H,24,25). The maximum absolute atomic E-state index is 12.0. The van der Waals surface area contributed by atoms with Gasteiger partial charge in [0.25, 0.3) is 0 Å². The third kappa shape index (κ3) is 5.73. The predicted molar refractivity (Wildman–Crippen MR) is 116 cm³/mol. The highest BCUT2D eigenvalue weighted by Gasteiger charge is 2.19. The Hall–Kier alpha value is -3.02. The van der Waals surface area contributed by atoms with Crippen molar-refractivity contribution in [1.29, 1.82) is 0 Å². The minimum absolute atomic E-state index is 0.00290. The van der Waals surface area contributed by atoms with E-state index in [1.165, 1.54) is 16.7 Å². The second kappa shape index (κ2) is 9.96. The lowest BCUT2D eigenvalue weighted by Gasteiger charge is -2.32. The van der Waals surface area contributed by atoms with Crippen molar-refractivity contribution < 1.29 is 9.53 Å². The number of fused-ring (bicyclic) bond motifs is 1. The largest absolute Gasteiger partial charge is 0.497 e. The van der Waals surface area contributed by atoms with Crippen LogP contribution in [0.5, 0.6) is 5.75 Å². The zero-order valence-corrected chi connectivity index (χ0v) is 17.5. The summed E-state index contributed by atoms with van der Waals surface area (Å²) in [5.41, 5.74) is 3.94. The van der Waals surface area contributed by atoms with Gasteiger partial charge in [-0.2, -0.15) is 0 Å². The number of rotatable bonds is 6. The fourth-order valence-electron chi connectivity index (χ4n) is 3.34. The van der Waals surface area contributed by atoms with E-state index in [0.29, 0.717) is 0 Å². The number of hydrogen-bond donors (Lipinski definition) is 1. The average Bonchev–Trinajstić information content (AvgIpc) is 2.75. The molecule has 154 valence electrons. The van der Waals surface area contributed by atoms with E-state index in [2.05, 4.69) is 51.6 Å². The molecule has 0 bridgehead atoms. The third-order valence-corrected chi connectivity index (χ3v) is 5.15. The first kappa shape index (κ1) is 20.7. The number of carbonyl (C=O) groups excluding carboxylic acids is 1. The number of carbonyl (C=O) groups is 1. The lowest BCUT2D eigenvalue weighted by atomic mass is 10.0. The molecule has 0 atom stereocenters. The molecule has 0 radical (unpaired) electrons. The molecular formula is C23H30N4O2. The van der Waals surface area contributed by atoms with E-state index in [1.807, 2.05) is 12.1 Å². The molecule has 0 saturated carbocycles. The van der Waals surface area contributed by atoms with E-state index in [0.717, 1.165) is 44.2 Å². The summed E-state index contributed by atoms with van der Waals surface area (Å²) >= 11 is 0. The number of nitrogens with one attached hydrogen (secondary N) is 1. The maximum atomic E-state index is 12.0. The summed E-state index contributed by atoms with van der Waals surface area (Å²) in [6.45, 7) is 2.59. The third-order valence-electron chi connectivity index (χ3n) is 5.15. The molecule has 2 aromatic carbocycles. The summed E-state index contributed by atoms with van der Waals surface area (Å²) in [5.74, 6) is 1.65. The van der Waals surface area contributed by atoms with Crippen LogP contribution in [0.25, 0.3) is 0 Å². The van der Waals surface area contributed by atoms with Gasteiger partial charge in [0.15, 0.2) is 5.96 Å². The van der Waals surface area contributed by atoms with Gasteiger partial charge in [-0.25, -0.2) is 4.99 Å². The number of guanidine groups is 1. The number of amides is 1. The van der Waals surface area contributed by atoms with E-state index in [4.69, 9.17) is 4.74 Å². The van der Waals surface area contributed by atoms with Gasteiger partial charge in [0.05, 0.1) is 7.11 Å². The summed E-state index contributed by atoms with van der Waals surface area (Å²) < 4.78 is 5.22. The summed E-state index contributed by atoms with van der Waals surface area (Å²) in [6, 6.07) is 16.6. The summed E-state index contributed by atoms with van der Waals surface area (Å²) in [7, 11) is 5.18. The minimum atomic E-state index is -0.00290. The Bertz CT molecular complexity index is 846. The molecule has 0 saturated heterocycles. The Morgan fingerprint density at radius 3 is 2.55 bits per heavy atom. The van der Waals surface area contributed by atoms with Crippen LogP contribution < -0.4 is 10.1 Å². The van der Waals surface area contributed by atoms with E-state index < -0.39 is 0 Å². The molecule has 6 nitrogen and oxygen atoms in total. The normalized spacial score (nSPS) is 13.6. The van der Waals surface area contributed by atoms with Crippen LogP contribution in [0.3, 0.4) is 0 Å². The molecule has 1 aliphatic rings. The zero-order valence-electron chi connectivity index (χ0n) is 17.5. The van der Waals surface area contributed by atoms with Gasteiger partial charge in [0.2, 0.25) is 5.91 Å². The number of nitrogens with zero attached hydrogens (tertiary/aromatic N) is 3. The van der Waals surface area contributed by atoms with Crippen molar-refractivity contribution in [3.05, 3.63) is 65.2 Å². The second-order valence-corrected chi connectivity index (χ2v) is 7.39. The van der Waals surface area contributed by atoms with Gasteiger partial charge in [-0.05, 0) is 41.7 Å². The number of benzene rings is 2. The summed E-state index contributed by atoms with van der Waals surface area (Å²) in [5, 5.41) is 3.47. The fraction of sp³-hybridized carbons (Fsp3) is 0.391. The van der Waals surface area contributed by atoms with Crippen LogP contribution in [0, 0.1) is 0 Å². The highest BCUT2D eigenvalue weighted by Crippen LogP contribution is 2.18. The van der Waals surface area contributed by atoms with Crippen molar-refractivity contribution in [2.75, 3.05) is 40.8 Å². The van der Waals surface area contributed by atoms with Gasteiger partial charge in [0, 0.05) is 33.7 Å². The van der Waals surface area contributed by atoms with Crippen molar-refractivity contribution in [3.8, 4) is 5.75 Å². The minimum Gasteiger partial charge on any atom is -0.497 e. The number of aliphatic imine (C=N–C) groups is 1. The van der Waals surface area contributed by atoms with Gasteiger partial charge < -0.3 is 19.9 Å². The molecule has 0 aliphatic carbocycles. The van der Waals surface area contributed by atoms with Crippen molar-refractivity contribution in [1.82, 2.24) is 15.1 Å². The summed E-state index contributed by atoms with van der Waals surface area (Å²) in [6.07, 6.45) is 1.85. The SMILES string of the molecule is COc1ccc(CCNC(=NCC(=O)N(C)C)N2CCc3ccccc3C2)cc1. The Labute approximate surface area is 173 Å². The first-order chi connectivity index (χ1) is 14.1. The molecule has 29 heavy (non-hydrogen) atoms. The molecule has 2 aromatic rings. The molecule has 1 amide bonds. The van der Waals surface area contributed by atoms with Crippen LogP contribution in [0.4, 0.5) is 0 Å². The molecule has 1 aliphatic heterocycles. The Morgan fingerprint density at radius 1 is 1.14 bits per heavy atom. The van der Waals surface area contributed by atoms with E-state index in [9.17, 15) is 4.79 Å². The second-order valence-electron chi connectivity index (χ2n) is 7.39. The van der Waals surface area contributed by atoms with Crippen molar-refractivity contribution in [2.24, 2.45) is 4.99 Å². The van der Waals surface area contributed by atoms with E-state index in [-0.39, 0.29) is 12.5 Å². The molecule has 1 N–H and O–H groups in total. The molecular weight excluding hydrogens is 364 g/mol. The monoisotopic (exact) mass is 394 g/mol. The molecule has 0 spiro atoms. The van der Waals surface area contributed by atoms with Crippen LogP contribution in [0.15, 0.2) is 53.5 Å². The maximum Gasteiger partial charge on any atom is 0.243 e. The van der Waals surface area contributed by atoms with Gasteiger partial charge in [-0.1, -0.05) is 36.4 Å². The molecule has 0 fully saturated rings. The van der Waals surface area contributed by atoms with Gasteiger partial charge >= 0.3 is 0 Å². The number of ether oxygens (including phenoxy) is 1. The van der Waals surface area contributed by atoms with Crippen molar-refractivity contribution in [2.45, 2.75) is 19.4 Å². The molecule has 0 unspecified atom stereocenters. The van der Waals surface area contributed by atoms with E-state index >= 15 is 0 Å². The molecule has 1 heterocycles. The van der Waals surface area contributed by atoms with Crippen LogP contribution >= 0.6 is 0 Å². The topological polar surface area (TPSA) is 57.2 Å². The van der Waals surface area contributed by atoms with Gasteiger partial charge in [-0.3, -0.25) is 4.79 Å². The van der Waals surface area contributed by atoms with Crippen LogP contribution in [-0.2, 0) is 24.2 Å². The number of likely N-dealkylation sites (N-methyl/N-ethyl adjacent to an activating group) is 1. The smallest absolute Gasteiger partial charge is 0.243 e. The first-order valence-corrected chi connectivity index (χ1v) is 10.00. The highest BCUT2D eigenvalue weighted by molar-refractivity contribution is 5.85. The molecule has 0 aromatic heterocycles. The van der Waals surface area contributed by atoms with Crippen molar-refractivity contribution in [3.63, 3.8) is 0 Å². The zero-order chi connectivity index (χ0) is 20.6. The Morgan fingerprint density at radius 2 is 1.86 bits per heavy atom. The quantitative estimate of drug-likeness (QED) is 0.604. The molecule has 3 rings (SSSR count). The number of methoxy groups -OCH3 is 1. The highest BCUT2D eigenvalue weighted by atomic mass is 16.5. The number of hydrogen-bond acceptors (Lipinski definition) is 3. The van der Waals surface area contributed by atoms with E-state index in [1.54, 1.807) is 26.1 Å². The lowest BCUT2D eigenvalue weighted by Crippen LogP contribution is -2.45. The lowest BCUT2D eigenvalue weighted by molar-refractivity contribution is -0.127. The van der Waals surface area contributed by atoms with Gasteiger partial charge in [0.1, 0.15) is 12.3 Å². The summed E-state index contributed by atoms with van der Waals surface area (Å²) in [4.78, 5) is 20.5. The molecule has 6 heteroatoms. The van der Waals surface area contributed by atoms with Crippen LogP contribution in [-0.4, -0.2) is 62.5 Å². The fourth-order valence-corrected chi connectivity index (χ4v) is 3.34. The first-order valence-electron chi connectivity index (χ1n) is 10.00. The van der Waals surface area contributed by atoms with Gasteiger partial charge in [-0.15, -0.1) is 0 Å². The average molecular weight is 395 g/mol. The Balaban J connectivity index is 1.66. The van der Waals surface area contributed by atoms with Crippen LogP contribution in [0.1, 0.15) is 16.7 Å². The van der Waals surface area contributed by atoms with Crippen molar-refractivity contribution >= 4 is 11.9 Å².